The molecule has 0 aliphatic carbocycles. The number of hydrogen-bond acceptors (Lipinski definition) is 5. The van der Waals surface area contributed by atoms with Crippen LogP contribution in [0.25, 0.3) is 0 Å². The number of thioether (sulfide) groups is 1. The molecule has 1 aromatic carbocycles. The molecule has 2 unspecified atom stereocenters. The number of ether oxygens (including phenoxy) is 1. The summed E-state index contributed by atoms with van der Waals surface area (Å²) >= 11 is 1.94. The molecular weight excluding hydrogens is 346 g/mol. The molecular formula is C20H31N3O2S. The van der Waals surface area contributed by atoms with Crippen LogP contribution in [0, 0.1) is 0 Å². The van der Waals surface area contributed by atoms with Gasteiger partial charge >= 0.3 is 0 Å². The smallest absolute Gasteiger partial charge is 0.224 e. The van der Waals surface area contributed by atoms with Crippen molar-refractivity contribution < 1.29 is 9.53 Å². The van der Waals surface area contributed by atoms with Crippen molar-refractivity contribution in [2.45, 2.75) is 32.0 Å². The SMILES string of the molecule is CC(CN1CCOCC1)N(Cc1ccccc1)C(=O)CC1CSCCN1. The van der Waals surface area contributed by atoms with E-state index in [1.165, 1.54) is 5.56 Å². The normalized spacial score (nSPS) is 22.7. The summed E-state index contributed by atoms with van der Waals surface area (Å²) in [6, 6.07) is 10.8. The maximum absolute atomic E-state index is 13.1. The molecule has 2 atom stereocenters. The van der Waals surface area contributed by atoms with Crippen LogP contribution >= 0.6 is 11.8 Å². The van der Waals surface area contributed by atoms with E-state index in [-0.39, 0.29) is 11.9 Å². The monoisotopic (exact) mass is 377 g/mol. The van der Waals surface area contributed by atoms with Gasteiger partial charge in [0.15, 0.2) is 0 Å². The van der Waals surface area contributed by atoms with Crippen molar-refractivity contribution in [3.63, 3.8) is 0 Å². The van der Waals surface area contributed by atoms with E-state index in [0.717, 1.165) is 50.9 Å². The summed E-state index contributed by atoms with van der Waals surface area (Å²) in [5.41, 5.74) is 1.20. The summed E-state index contributed by atoms with van der Waals surface area (Å²) in [5.74, 6) is 2.43. The first-order valence-corrected chi connectivity index (χ1v) is 10.8. The molecule has 1 N–H and O–H groups in total. The number of nitrogens with zero attached hydrogens (tertiary/aromatic N) is 2. The second-order valence-corrected chi connectivity index (χ2v) is 8.35. The van der Waals surface area contributed by atoms with Crippen LogP contribution in [0.3, 0.4) is 0 Å². The molecule has 1 aromatic rings. The first-order valence-electron chi connectivity index (χ1n) is 9.67. The van der Waals surface area contributed by atoms with E-state index in [9.17, 15) is 4.79 Å². The number of amides is 1. The minimum atomic E-state index is 0.192. The Morgan fingerprint density at radius 3 is 2.81 bits per heavy atom. The van der Waals surface area contributed by atoms with E-state index in [0.29, 0.717) is 19.0 Å². The van der Waals surface area contributed by atoms with Crippen molar-refractivity contribution >= 4 is 17.7 Å². The molecule has 5 nitrogen and oxygen atoms in total. The molecule has 144 valence electrons. The average molecular weight is 378 g/mol. The van der Waals surface area contributed by atoms with Crippen LogP contribution in [0.2, 0.25) is 0 Å². The molecule has 0 saturated carbocycles. The molecule has 0 aromatic heterocycles. The predicted molar refractivity (Wildman–Crippen MR) is 107 cm³/mol. The summed E-state index contributed by atoms with van der Waals surface area (Å²) in [5, 5.41) is 3.49. The van der Waals surface area contributed by atoms with Gasteiger partial charge in [0.25, 0.3) is 0 Å². The van der Waals surface area contributed by atoms with Crippen molar-refractivity contribution in [3.8, 4) is 0 Å². The van der Waals surface area contributed by atoms with Gasteiger partial charge in [0.2, 0.25) is 5.91 Å². The molecule has 2 saturated heterocycles. The highest BCUT2D eigenvalue weighted by molar-refractivity contribution is 7.99. The highest BCUT2D eigenvalue weighted by atomic mass is 32.2. The summed E-state index contributed by atoms with van der Waals surface area (Å²) in [7, 11) is 0. The van der Waals surface area contributed by atoms with Crippen LogP contribution in [-0.2, 0) is 16.1 Å². The fourth-order valence-electron chi connectivity index (χ4n) is 3.60. The number of rotatable bonds is 7. The van der Waals surface area contributed by atoms with Gasteiger partial charge in [-0.3, -0.25) is 9.69 Å². The van der Waals surface area contributed by atoms with Crippen molar-refractivity contribution in [2.24, 2.45) is 0 Å². The topological polar surface area (TPSA) is 44.8 Å². The zero-order chi connectivity index (χ0) is 18.2. The third-order valence-electron chi connectivity index (χ3n) is 5.09. The van der Waals surface area contributed by atoms with Gasteiger partial charge in [-0.2, -0.15) is 11.8 Å². The van der Waals surface area contributed by atoms with Gasteiger partial charge in [-0.25, -0.2) is 0 Å². The lowest BCUT2D eigenvalue weighted by atomic mass is 10.1. The highest BCUT2D eigenvalue weighted by Gasteiger charge is 2.26. The molecule has 0 radical (unpaired) electrons. The lowest BCUT2D eigenvalue weighted by Gasteiger charge is -2.36. The van der Waals surface area contributed by atoms with Gasteiger partial charge in [-0.15, -0.1) is 0 Å². The number of carbonyl (C=O) groups is 1. The third-order valence-corrected chi connectivity index (χ3v) is 6.22. The van der Waals surface area contributed by atoms with Crippen LogP contribution in [0.15, 0.2) is 30.3 Å². The second-order valence-electron chi connectivity index (χ2n) is 7.20. The Bertz CT molecular complexity index is 545. The lowest BCUT2D eigenvalue weighted by molar-refractivity contribution is -0.135. The van der Waals surface area contributed by atoms with E-state index in [2.05, 4.69) is 34.2 Å². The van der Waals surface area contributed by atoms with Crippen LogP contribution in [-0.4, -0.2) is 78.7 Å². The van der Waals surface area contributed by atoms with Gasteiger partial charge < -0.3 is 15.0 Å². The number of nitrogens with one attached hydrogen (secondary N) is 1. The molecule has 2 aliphatic rings. The molecule has 2 heterocycles. The van der Waals surface area contributed by atoms with E-state index in [1.54, 1.807) is 0 Å². The molecule has 1 amide bonds. The second kappa shape index (κ2) is 10.3. The van der Waals surface area contributed by atoms with E-state index in [4.69, 9.17) is 4.74 Å². The van der Waals surface area contributed by atoms with Crippen LogP contribution in [0.1, 0.15) is 18.9 Å². The lowest BCUT2D eigenvalue weighted by Crippen LogP contribution is -2.49. The highest BCUT2D eigenvalue weighted by Crippen LogP contribution is 2.16. The van der Waals surface area contributed by atoms with Gasteiger partial charge in [-0.1, -0.05) is 30.3 Å². The third kappa shape index (κ3) is 5.98. The number of benzene rings is 1. The van der Waals surface area contributed by atoms with Crippen LogP contribution in [0.4, 0.5) is 0 Å². The summed E-state index contributed by atoms with van der Waals surface area (Å²) in [6.45, 7) is 8.28. The van der Waals surface area contributed by atoms with Crippen molar-refractivity contribution in [1.29, 1.82) is 0 Å². The zero-order valence-corrected chi connectivity index (χ0v) is 16.5. The van der Waals surface area contributed by atoms with Crippen molar-refractivity contribution in [2.75, 3.05) is 50.9 Å². The molecule has 0 bridgehead atoms. The largest absolute Gasteiger partial charge is 0.379 e. The summed E-state index contributed by atoms with van der Waals surface area (Å²) < 4.78 is 5.45. The summed E-state index contributed by atoms with van der Waals surface area (Å²) in [6.07, 6.45) is 0.591. The molecule has 3 rings (SSSR count). The van der Waals surface area contributed by atoms with E-state index in [1.807, 2.05) is 30.0 Å². The standard InChI is InChI=1S/C20H31N3O2S/c1-17(14-22-8-10-25-11-9-22)23(15-18-5-3-2-4-6-18)20(24)13-19-16-26-12-7-21-19/h2-6,17,19,21H,7-16H2,1H3. The number of carbonyl (C=O) groups excluding carboxylic acids is 1. The Labute approximate surface area is 161 Å². The molecule has 26 heavy (non-hydrogen) atoms. The fourth-order valence-corrected chi connectivity index (χ4v) is 4.55. The van der Waals surface area contributed by atoms with Crippen LogP contribution < -0.4 is 5.32 Å². The number of hydrogen-bond donors (Lipinski definition) is 1. The Balaban J connectivity index is 1.64. The van der Waals surface area contributed by atoms with Gasteiger partial charge in [-0.05, 0) is 12.5 Å². The molecule has 6 heteroatoms. The van der Waals surface area contributed by atoms with Crippen molar-refractivity contribution in [3.05, 3.63) is 35.9 Å². The van der Waals surface area contributed by atoms with Gasteiger partial charge in [0.05, 0.1) is 13.2 Å². The maximum Gasteiger partial charge on any atom is 0.224 e. The van der Waals surface area contributed by atoms with Crippen LogP contribution in [0.5, 0.6) is 0 Å². The predicted octanol–water partition coefficient (Wildman–Crippen LogP) is 1.83. The Morgan fingerprint density at radius 2 is 2.12 bits per heavy atom. The minimum absolute atomic E-state index is 0.192. The van der Waals surface area contributed by atoms with E-state index < -0.39 is 0 Å². The van der Waals surface area contributed by atoms with Gasteiger partial charge in [0.1, 0.15) is 0 Å². The zero-order valence-electron chi connectivity index (χ0n) is 15.7. The molecule has 2 aliphatic heterocycles. The maximum atomic E-state index is 13.1. The molecule has 2 fully saturated rings. The Kier molecular flexibility index (Phi) is 7.80. The number of morpholine rings is 1. The Morgan fingerprint density at radius 1 is 1.35 bits per heavy atom. The fraction of sp³-hybridized carbons (Fsp3) is 0.650. The quantitative estimate of drug-likeness (QED) is 0.785. The molecule has 0 spiro atoms. The van der Waals surface area contributed by atoms with Crippen molar-refractivity contribution in [1.82, 2.24) is 15.1 Å². The minimum Gasteiger partial charge on any atom is -0.379 e. The Hall–Kier alpha value is -1.08. The van der Waals surface area contributed by atoms with Gasteiger partial charge in [0, 0.05) is 62.7 Å². The first kappa shape index (κ1) is 19.7. The van der Waals surface area contributed by atoms with E-state index >= 15 is 0 Å². The first-order chi connectivity index (χ1) is 12.7. The summed E-state index contributed by atoms with van der Waals surface area (Å²) in [4.78, 5) is 17.6. The average Bonchev–Trinajstić information content (AvgIpc) is 2.68.